The summed E-state index contributed by atoms with van der Waals surface area (Å²) in [4.78, 5) is 23.3. The van der Waals surface area contributed by atoms with Crippen molar-refractivity contribution < 1.29 is 9.59 Å². The van der Waals surface area contributed by atoms with Crippen LogP contribution >= 0.6 is 11.6 Å². The summed E-state index contributed by atoms with van der Waals surface area (Å²) in [6.45, 7) is 0.378. The molecule has 2 amide bonds. The second-order valence-electron chi connectivity index (χ2n) is 4.41. The maximum atomic E-state index is 12.1. The van der Waals surface area contributed by atoms with Crippen LogP contribution in [0.3, 0.4) is 0 Å². The fourth-order valence-electron chi connectivity index (χ4n) is 2.16. The van der Waals surface area contributed by atoms with Gasteiger partial charge in [-0.15, -0.1) is 5.10 Å². The Hall–Kier alpha value is -2.41. The summed E-state index contributed by atoms with van der Waals surface area (Å²) in [6.07, 6.45) is 0. The molecule has 1 atom stereocenters. The van der Waals surface area contributed by atoms with Crippen LogP contribution in [0.5, 0.6) is 0 Å². The largest absolute Gasteiger partial charge is 0.364 e. The molecule has 0 unspecified atom stereocenters. The van der Waals surface area contributed by atoms with E-state index in [4.69, 9.17) is 17.3 Å². The fraction of sp³-hybridized carbons (Fsp3) is 0.167. The maximum absolute atomic E-state index is 12.1. The lowest BCUT2D eigenvalue weighted by atomic mass is 10.0. The monoisotopic (exact) mass is 291 g/mol. The van der Waals surface area contributed by atoms with Gasteiger partial charge in [0.15, 0.2) is 11.4 Å². The van der Waals surface area contributed by atoms with Gasteiger partial charge in [0.25, 0.3) is 11.8 Å². The van der Waals surface area contributed by atoms with Crippen molar-refractivity contribution in [1.82, 2.24) is 20.3 Å². The van der Waals surface area contributed by atoms with Crippen molar-refractivity contribution in [2.24, 2.45) is 5.73 Å². The molecule has 2 heterocycles. The van der Waals surface area contributed by atoms with Crippen molar-refractivity contribution in [3.63, 3.8) is 0 Å². The molecule has 0 bridgehead atoms. The van der Waals surface area contributed by atoms with Gasteiger partial charge in [-0.1, -0.05) is 28.9 Å². The predicted octanol–water partition coefficient (Wildman–Crippen LogP) is 0.515. The summed E-state index contributed by atoms with van der Waals surface area (Å²) < 4.78 is 1.39. The molecule has 8 heteroatoms. The minimum atomic E-state index is -0.772. The van der Waals surface area contributed by atoms with E-state index in [2.05, 4.69) is 15.6 Å². The third-order valence-electron chi connectivity index (χ3n) is 3.12. The highest BCUT2D eigenvalue weighted by atomic mass is 35.5. The maximum Gasteiger partial charge on any atom is 0.272 e. The van der Waals surface area contributed by atoms with Gasteiger partial charge in [0.1, 0.15) is 0 Å². The number of hydrogen-bond acceptors (Lipinski definition) is 4. The van der Waals surface area contributed by atoms with E-state index in [1.807, 2.05) is 12.1 Å². The number of amides is 2. The third kappa shape index (κ3) is 2.01. The number of hydrogen-bond donors (Lipinski definition) is 2. The van der Waals surface area contributed by atoms with Crippen LogP contribution in [0.1, 0.15) is 32.6 Å². The Bertz CT molecular complexity index is 694. The van der Waals surface area contributed by atoms with E-state index in [0.29, 0.717) is 11.6 Å². The molecule has 7 nitrogen and oxygen atoms in total. The number of primary amides is 1. The van der Waals surface area contributed by atoms with Crippen molar-refractivity contribution >= 4 is 23.4 Å². The second-order valence-corrected chi connectivity index (χ2v) is 4.85. The number of carbonyl (C=O) groups excluding carboxylic acids is 2. The lowest BCUT2D eigenvalue weighted by molar-refractivity contribution is 0.0883. The number of nitrogens with two attached hydrogens (primary N) is 1. The van der Waals surface area contributed by atoms with E-state index in [1.54, 1.807) is 12.1 Å². The summed E-state index contributed by atoms with van der Waals surface area (Å²) in [5.41, 5.74) is 6.04. The van der Waals surface area contributed by atoms with Crippen LogP contribution in [-0.4, -0.2) is 26.8 Å². The van der Waals surface area contributed by atoms with Gasteiger partial charge in [0.05, 0.1) is 12.6 Å². The first-order valence-electron chi connectivity index (χ1n) is 5.86. The molecule has 1 aliphatic heterocycles. The van der Waals surface area contributed by atoms with E-state index in [-0.39, 0.29) is 17.4 Å². The van der Waals surface area contributed by atoms with E-state index in [0.717, 1.165) is 5.56 Å². The van der Waals surface area contributed by atoms with E-state index in [1.165, 1.54) is 4.68 Å². The lowest BCUT2D eigenvalue weighted by Gasteiger charge is -2.24. The molecule has 102 valence electrons. The number of benzene rings is 1. The molecular formula is C12H10ClN5O2. The average molecular weight is 292 g/mol. The minimum Gasteiger partial charge on any atom is -0.364 e. The van der Waals surface area contributed by atoms with Gasteiger partial charge in [-0.2, -0.15) is 0 Å². The van der Waals surface area contributed by atoms with Gasteiger partial charge in [0, 0.05) is 5.02 Å². The van der Waals surface area contributed by atoms with Crippen molar-refractivity contribution in [2.45, 2.75) is 12.6 Å². The van der Waals surface area contributed by atoms with E-state index in [9.17, 15) is 9.59 Å². The van der Waals surface area contributed by atoms with Gasteiger partial charge in [-0.05, 0) is 17.7 Å². The summed E-state index contributed by atoms with van der Waals surface area (Å²) in [5, 5.41) is 10.9. The van der Waals surface area contributed by atoms with Crippen LogP contribution in [-0.2, 0) is 6.54 Å². The Balaban J connectivity index is 1.95. The first kappa shape index (κ1) is 12.6. The van der Waals surface area contributed by atoms with E-state index < -0.39 is 11.8 Å². The standard InChI is InChI=1S/C12H10ClN5O2/c13-7-3-1-6(2-4-7)8-5-18-10(12(20)15-8)9(11(14)19)16-17-18/h1-4,8H,5H2,(H2,14,19)(H,15,20)/t8-/m1/s1. The van der Waals surface area contributed by atoms with Crippen LogP contribution < -0.4 is 11.1 Å². The topological polar surface area (TPSA) is 103 Å². The normalized spacial score (nSPS) is 17.4. The molecule has 20 heavy (non-hydrogen) atoms. The molecule has 0 radical (unpaired) electrons. The molecule has 0 aliphatic carbocycles. The van der Waals surface area contributed by atoms with Crippen molar-refractivity contribution in [2.75, 3.05) is 0 Å². The second kappa shape index (κ2) is 4.61. The number of aromatic nitrogens is 3. The smallest absolute Gasteiger partial charge is 0.272 e. The Morgan fingerprint density at radius 1 is 1.40 bits per heavy atom. The molecule has 3 rings (SSSR count). The number of fused-ring (bicyclic) bond motifs is 1. The molecule has 1 aromatic heterocycles. The minimum absolute atomic E-state index is 0.0997. The zero-order chi connectivity index (χ0) is 14.3. The number of nitrogens with zero attached hydrogens (tertiary/aromatic N) is 3. The molecule has 3 N–H and O–H groups in total. The van der Waals surface area contributed by atoms with E-state index >= 15 is 0 Å². The number of halogens is 1. The van der Waals surface area contributed by atoms with Crippen molar-refractivity contribution in [1.29, 1.82) is 0 Å². The van der Waals surface area contributed by atoms with Gasteiger partial charge in [-0.3, -0.25) is 9.59 Å². The Morgan fingerprint density at radius 3 is 2.75 bits per heavy atom. The Labute approximate surface area is 118 Å². The SMILES string of the molecule is NC(=O)c1nnn2c1C(=O)N[C@@H](c1ccc(Cl)cc1)C2. The van der Waals surface area contributed by atoms with Gasteiger partial charge in [0.2, 0.25) is 0 Å². The van der Waals surface area contributed by atoms with Crippen LogP contribution in [0.4, 0.5) is 0 Å². The zero-order valence-corrected chi connectivity index (χ0v) is 11.0. The average Bonchev–Trinajstić information content (AvgIpc) is 2.84. The van der Waals surface area contributed by atoms with Crippen LogP contribution in [0.2, 0.25) is 5.02 Å². The molecule has 0 fully saturated rings. The lowest BCUT2D eigenvalue weighted by Crippen LogP contribution is -2.39. The van der Waals surface area contributed by atoms with Gasteiger partial charge >= 0.3 is 0 Å². The summed E-state index contributed by atoms with van der Waals surface area (Å²) in [7, 11) is 0. The van der Waals surface area contributed by atoms with Gasteiger partial charge in [-0.25, -0.2) is 4.68 Å². The van der Waals surface area contributed by atoms with Crippen LogP contribution in [0.25, 0.3) is 0 Å². The Morgan fingerprint density at radius 2 is 2.10 bits per heavy atom. The number of carbonyl (C=O) groups is 2. The molecule has 0 saturated carbocycles. The quantitative estimate of drug-likeness (QED) is 0.841. The highest BCUT2D eigenvalue weighted by Gasteiger charge is 2.31. The summed E-state index contributed by atoms with van der Waals surface area (Å²) in [5.74, 6) is -1.19. The molecular weight excluding hydrogens is 282 g/mol. The first-order valence-corrected chi connectivity index (χ1v) is 6.23. The van der Waals surface area contributed by atoms with Crippen molar-refractivity contribution in [3.05, 3.63) is 46.2 Å². The first-order chi connectivity index (χ1) is 9.56. The van der Waals surface area contributed by atoms with Gasteiger partial charge < -0.3 is 11.1 Å². The number of rotatable bonds is 2. The highest BCUT2D eigenvalue weighted by molar-refractivity contribution is 6.30. The summed E-state index contributed by atoms with van der Waals surface area (Å²) >= 11 is 5.83. The molecule has 1 aliphatic rings. The predicted molar refractivity (Wildman–Crippen MR) is 70.2 cm³/mol. The van der Waals surface area contributed by atoms with Crippen molar-refractivity contribution in [3.8, 4) is 0 Å². The molecule has 2 aromatic rings. The van der Waals surface area contributed by atoms with Crippen LogP contribution in [0.15, 0.2) is 24.3 Å². The molecule has 1 aromatic carbocycles. The van der Waals surface area contributed by atoms with Crippen LogP contribution in [0, 0.1) is 0 Å². The zero-order valence-electron chi connectivity index (χ0n) is 10.2. The third-order valence-corrected chi connectivity index (χ3v) is 3.37. The molecule has 0 saturated heterocycles. The Kier molecular flexibility index (Phi) is 2.90. The fourth-order valence-corrected chi connectivity index (χ4v) is 2.29. The summed E-state index contributed by atoms with van der Waals surface area (Å²) in [6, 6.07) is 6.88. The molecule has 0 spiro atoms. The number of nitrogens with one attached hydrogen (secondary N) is 1. The highest BCUT2D eigenvalue weighted by Crippen LogP contribution is 2.23.